The summed E-state index contributed by atoms with van der Waals surface area (Å²) in [5.74, 6) is -0.167. The molecule has 0 spiro atoms. The number of hydrogen-bond donors (Lipinski definition) is 0. The lowest BCUT2D eigenvalue weighted by molar-refractivity contribution is -0.146. The van der Waals surface area contributed by atoms with Crippen LogP contribution in [-0.2, 0) is 14.3 Å². The van der Waals surface area contributed by atoms with E-state index in [1.165, 1.54) is 11.0 Å². The lowest BCUT2D eigenvalue weighted by Crippen LogP contribution is -2.48. The molecular weight excluding hydrogens is 386 g/mol. The molecule has 0 N–H and O–H groups in total. The number of likely N-dealkylation sites (N-methyl/N-ethyl adjacent to an activating group) is 2. The van der Waals surface area contributed by atoms with Crippen molar-refractivity contribution in [3.63, 3.8) is 0 Å². The zero-order valence-electron chi connectivity index (χ0n) is 18.0. The van der Waals surface area contributed by atoms with E-state index < -0.39 is 6.04 Å². The second-order valence-corrected chi connectivity index (χ2v) is 7.92. The smallest absolute Gasteiger partial charge is 0.258 e. The van der Waals surface area contributed by atoms with Crippen LogP contribution in [0.2, 0.25) is 0 Å². The van der Waals surface area contributed by atoms with Gasteiger partial charge in [0.05, 0.1) is 29.4 Å². The standard InChI is InChI=1S/C22H29N3O5/c1-14-21(26)24(2)10-9-16-6-8-19(28-4)20(30-16)13-29-18-7-5-15(12-23)11-17(18)22(27)25(14)3/h5,7,11,14,16,19-20H,6,8-10,13H2,1-4H3/t14-,16-,19+,20+/m1/s1. The number of nitriles is 1. The van der Waals surface area contributed by atoms with Gasteiger partial charge < -0.3 is 24.0 Å². The maximum Gasteiger partial charge on any atom is 0.258 e. The maximum atomic E-state index is 13.2. The molecule has 0 aliphatic carbocycles. The highest BCUT2D eigenvalue weighted by molar-refractivity contribution is 5.99. The van der Waals surface area contributed by atoms with Crippen molar-refractivity contribution in [3.05, 3.63) is 29.3 Å². The number of methoxy groups -OCH3 is 1. The quantitative estimate of drug-likeness (QED) is 0.695. The average molecular weight is 415 g/mol. The van der Waals surface area contributed by atoms with Crippen LogP contribution in [0.5, 0.6) is 5.75 Å². The third kappa shape index (κ3) is 4.58. The van der Waals surface area contributed by atoms with Gasteiger partial charge in [-0.15, -0.1) is 0 Å². The van der Waals surface area contributed by atoms with Crippen molar-refractivity contribution < 1.29 is 23.8 Å². The number of benzene rings is 1. The molecule has 2 bridgehead atoms. The van der Waals surface area contributed by atoms with Crippen LogP contribution in [0.25, 0.3) is 0 Å². The van der Waals surface area contributed by atoms with Crippen LogP contribution in [0.4, 0.5) is 0 Å². The van der Waals surface area contributed by atoms with Gasteiger partial charge in [0.25, 0.3) is 5.91 Å². The van der Waals surface area contributed by atoms with Gasteiger partial charge in [-0.2, -0.15) is 5.26 Å². The Kier molecular flexibility index (Phi) is 6.95. The van der Waals surface area contributed by atoms with Crippen LogP contribution >= 0.6 is 0 Å². The molecule has 3 rings (SSSR count). The van der Waals surface area contributed by atoms with Gasteiger partial charge in [-0.25, -0.2) is 0 Å². The van der Waals surface area contributed by atoms with E-state index in [9.17, 15) is 14.9 Å². The van der Waals surface area contributed by atoms with Gasteiger partial charge in [0.1, 0.15) is 24.5 Å². The topological polar surface area (TPSA) is 92.1 Å². The molecule has 1 aromatic rings. The maximum absolute atomic E-state index is 13.2. The molecule has 1 fully saturated rings. The summed E-state index contributed by atoms with van der Waals surface area (Å²) >= 11 is 0. The zero-order valence-corrected chi connectivity index (χ0v) is 18.0. The van der Waals surface area contributed by atoms with Crippen molar-refractivity contribution >= 4 is 11.8 Å². The van der Waals surface area contributed by atoms with Gasteiger partial charge in [0.15, 0.2) is 0 Å². The van der Waals surface area contributed by atoms with Crippen LogP contribution in [0.15, 0.2) is 18.2 Å². The Morgan fingerprint density at radius 1 is 1.20 bits per heavy atom. The minimum absolute atomic E-state index is 0.0123. The van der Waals surface area contributed by atoms with E-state index >= 15 is 0 Å². The molecule has 2 aliphatic rings. The van der Waals surface area contributed by atoms with E-state index in [4.69, 9.17) is 14.2 Å². The van der Waals surface area contributed by atoms with Gasteiger partial charge in [-0.05, 0) is 44.4 Å². The second kappa shape index (κ2) is 9.45. The minimum atomic E-state index is -0.651. The average Bonchev–Trinajstić information content (AvgIpc) is 2.78. The van der Waals surface area contributed by atoms with Gasteiger partial charge in [-0.1, -0.05) is 0 Å². The molecule has 4 atom stereocenters. The highest BCUT2D eigenvalue weighted by Crippen LogP contribution is 2.28. The van der Waals surface area contributed by atoms with E-state index in [2.05, 4.69) is 0 Å². The molecule has 8 nitrogen and oxygen atoms in total. The van der Waals surface area contributed by atoms with Gasteiger partial charge in [0, 0.05) is 27.7 Å². The number of rotatable bonds is 1. The molecule has 2 aliphatic heterocycles. The molecular formula is C22H29N3O5. The molecule has 0 saturated carbocycles. The first-order chi connectivity index (χ1) is 14.3. The Labute approximate surface area is 177 Å². The Morgan fingerprint density at radius 2 is 1.97 bits per heavy atom. The first-order valence-electron chi connectivity index (χ1n) is 10.2. The van der Waals surface area contributed by atoms with Gasteiger partial charge in [-0.3, -0.25) is 9.59 Å². The van der Waals surface area contributed by atoms with E-state index in [-0.39, 0.29) is 42.3 Å². The van der Waals surface area contributed by atoms with Crippen molar-refractivity contribution in [3.8, 4) is 11.8 Å². The Hall–Kier alpha value is -2.63. The molecule has 2 amide bonds. The lowest BCUT2D eigenvalue weighted by Gasteiger charge is -2.37. The highest BCUT2D eigenvalue weighted by Gasteiger charge is 2.34. The predicted molar refractivity (Wildman–Crippen MR) is 109 cm³/mol. The summed E-state index contributed by atoms with van der Waals surface area (Å²) in [6.07, 6.45) is 2.03. The minimum Gasteiger partial charge on any atom is -0.490 e. The summed E-state index contributed by atoms with van der Waals surface area (Å²) in [4.78, 5) is 29.1. The van der Waals surface area contributed by atoms with Crippen molar-refractivity contribution in [1.82, 2.24) is 9.80 Å². The Bertz CT molecular complexity index is 837. The first-order valence-corrected chi connectivity index (χ1v) is 10.2. The number of ether oxygens (including phenoxy) is 3. The summed E-state index contributed by atoms with van der Waals surface area (Å²) < 4.78 is 17.8. The van der Waals surface area contributed by atoms with E-state index in [0.717, 1.165) is 12.8 Å². The van der Waals surface area contributed by atoms with Crippen LogP contribution in [0, 0.1) is 11.3 Å². The van der Waals surface area contributed by atoms with E-state index in [0.29, 0.717) is 24.3 Å². The van der Waals surface area contributed by atoms with Crippen molar-refractivity contribution in [1.29, 1.82) is 5.26 Å². The normalized spacial score (nSPS) is 28.2. The number of fused-ring (bicyclic) bond motifs is 3. The summed E-state index contributed by atoms with van der Waals surface area (Å²) in [5.41, 5.74) is 0.595. The van der Waals surface area contributed by atoms with Crippen LogP contribution in [0.1, 0.15) is 42.1 Å². The predicted octanol–water partition coefficient (Wildman–Crippen LogP) is 1.82. The molecule has 0 aromatic heterocycles. The third-order valence-electron chi connectivity index (χ3n) is 6.02. The van der Waals surface area contributed by atoms with Gasteiger partial charge in [0.2, 0.25) is 5.91 Å². The summed E-state index contributed by atoms with van der Waals surface area (Å²) in [6, 6.07) is 6.12. The van der Waals surface area contributed by atoms with E-state index in [1.54, 1.807) is 45.2 Å². The number of carbonyl (C=O) groups excluding carboxylic acids is 2. The molecule has 2 heterocycles. The zero-order chi connectivity index (χ0) is 21.8. The van der Waals surface area contributed by atoms with Crippen molar-refractivity contribution in [2.24, 2.45) is 0 Å². The summed E-state index contributed by atoms with van der Waals surface area (Å²) in [5, 5.41) is 9.27. The molecule has 30 heavy (non-hydrogen) atoms. The molecule has 0 radical (unpaired) electrons. The largest absolute Gasteiger partial charge is 0.490 e. The number of nitrogens with zero attached hydrogens (tertiary/aromatic N) is 3. The fourth-order valence-corrected chi connectivity index (χ4v) is 3.93. The van der Waals surface area contributed by atoms with E-state index in [1.807, 2.05) is 6.07 Å². The number of carbonyl (C=O) groups is 2. The second-order valence-electron chi connectivity index (χ2n) is 7.92. The SMILES string of the molecule is CO[C@H]1CC[C@@H]2CCN(C)C(=O)[C@@H](C)N(C)C(=O)c3cc(C#N)ccc3OC[C@@H]1O2. The lowest BCUT2D eigenvalue weighted by atomic mass is 9.99. The summed E-state index contributed by atoms with van der Waals surface area (Å²) in [7, 11) is 4.98. The molecule has 1 saturated heterocycles. The van der Waals surface area contributed by atoms with Crippen molar-refractivity contribution in [2.75, 3.05) is 34.4 Å². The fraction of sp³-hybridized carbons (Fsp3) is 0.591. The monoisotopic (exact) mass is 415 g/mol. The number of hydrogen-bond acceptors (Lipinski definition) is 6. The summed E-state index contributed by atoms with van der Waals surface area (Å²) in [6.45, 7) is 2.47. The fourth-order valence-electron chi connectivity index (χ4n) is 3.93. The van der Waals surface area contributed by atoms with Crippen LogP contribution in [0.3, 0.4) is 0 Å². The first kappa shape index (κ1) is 22.1. The van der Waals surface area contributed by atoms with Crippen LogP contribution < -0.4 is 4.74 Å². The molecule has 8 heteroatoms. The van der Waals surface area contributed by atoms with Crippen molar-refractivity contribution in [2.45, 2.75) is 50.5 Å². The van der Waals surface area contributed by atoms with Crippen LogP contribution in [-0.4, -0.2) is 80.3 Å². The van der Waals surface area contributed by atoms with Gasteiger partial charge >= 0.3 is 0 Å². The molecule has 1 aromatic carbocycles. The third-order valence-corrected chi connectivity index (χ3v) is 6.02. The highest BCUT2D eigenvalue weighted by atomic mass is 16.6. The Morgan fingerprint density at radius 3 is 2.67 bits per heavy atom. The molecule has 162 valence electrons. The Balaban J connectivity index is 1.98. The molecule has 0 unspecified atom stereocenters. The number of amides is 2.